The monoisotopic (exact) mass is 557 g/mol. The molecule has 0 aromatic heterocycles. The maximum absolute atomic E-state index is 12.6. The largest absolute Gasteiger partial charge is 0.464 e. The lowest BCUT2D eigenvalue weighted by Crippen LogP contribution is -2.51. The van der Waals surface area contributed by atoms with Gasteiger partial charge in [-0.1, -0.05) is 65.5 Å². The quantitative estimate of drug-likeness (QED) is 0.181. The van der Waals surface area contributed by atoms with Crippen LogP contribution in [0.4, 0.5) is 0 Å². The Labute approximate surface area is 245 Å². The van der Waals surface area contributed by atoms with Crippen LogP contribution in [0.1, 0.15) is 118 Å². The first kappa shape index (κ1) is 31.6. The van der Waals surface area contributed by atoms with E-state index in [9.17, 15) is 9.59 Å². The fourth-order valence-corrected chi connectivity index (χ4v) is 9.62. The SMILES string of the molecule is CC(C)CCC[C@@H](C)C1CCC2C3CC=C4C[C@@H](OC(=O)CCC(=O)OCCN(C)C)CC[C@]4(C)C3CC[C@@]21C. The lowest BCUT2D eigenvalue weighted by Gasteiger charge is -2.58. The third-order valence-electron chi connectivity index (χ3n) is 11.9. The highest BCUT2D eigenvalue weighted by molar-refractivity contribution is 5.77. The maximum atomic E-state index is 12.6. The molecule has 0 aromatic rings. The normalized spacial score (nSPS) is 35.9. The predicted molar refractivity (Wildman–Crippen MR) is 162 cm³/mol. The fraction of sp³-hybridized carbons (Fsp3) is 0.886. The first-order valence-corrected chi connectivity index (χ1v) is 16.6. The van der Waals surface area contributed by atoms with Crippen LogP contribution in [0.15, 0.2) is 11.6 Å². The summed E-state index contributed by atoms with van der Waals surface area (Å²) >= 11 is 0. The van der Waals surface area contributed by atoms with Gasteiger partial charge in [0.2, 0.25) is 0 Å². The van der Waals surface area contributed by atoms with E-state index in [0.29, 0.717) is 18.6 Å². The molecule has 5 heteroatoms. The Hall–Kier alpha value is -1.36. The van der Waals surface area contributed by atoms with E-state index in [4.69, 9.17) is 9.47 Å². The molecule has 3 fully saturated rings. The lowest BCUT2D eigenvalue weighted by molar-refractivity contribution is -0.155. The van der Waals surface area contributed by atoms with Crippen molar-refractivity contribution in [3.8, 4) is 0 Å². The van der Waals surface area contributed by atoms with E-state index in [1.165, 1.54) is 51.4 Å². The molecule has 0 bridgehead atoms. The zero-order valence-corrected chi connectivity index (χ0v) is 26.8. The molecule has 8 atom stereocenters. The summed E-state index contributed by atoms with van der Waals surface area (Å²) in [6, 6.07) is 0. The number of hydrogen-bond acceptors (Lipinski definition) is 5. The van der Waals surface area contributed by atoms with Crippen molar-refractivity contribution >= 4 is 11.9 Å². The van der Waals surface area contributed by atoms with Crippen molar-refractivity contribution in [2.75, 3.05) is 27.2 Å². The van der Waals surface area contributed by atoms with Crippen molar-refractivity contribution in [1.82, 2.24) is 4.90 Å². The van der Waals surface area contributed by atoms with E-state index in [-0.39, 0.29) is 36.3 Å². The smallest absolute Gasteiger partial charge is 0.306 e. The number of fused-ring (bicyclic) bond motifs is 5. The second kappa shape index (κ2) is 13.3. The summed E-state index contributed by atoms with van der Waals surface area (Å²) in [5.41, 5.74) is 2.31. The number of nitrogens with zero attached hydrogens (tertiary/aromatic N) is 1. The highest BCUT2D eigenvalue weighted by Crippen LogP contribution is 2.67. The van der Waals surface area contributed by atoms with Gasteiger partial charge in [-0.15, -0.1) is 0 Å². The van der Waals surface area contributed by atoms with Crippen LogP contribution in [-0.4, -0.2) is 50.2 Å². The van der Waals surface area contributed by atoms with Gasteiger partial charge in [-0.2, -0.15) is 0 Å². The molecule has 0 N–H and O–H groups in total. The summed E-state index contributed by atoms with van der Waals surface area (Å²) in [7, 11) is 3.88. The van der Waals surface area contributed by atoms with E-state index < -0.39 is 0 Å². The predicted octanol–water partition coefficient (Wildman–Crippen LogP) is 7.82. The van der Waals surface area contributed by atoms with Gasteiger partial charge >= 0.3 is 11.9 Å². The summed E-state index contributed by atoms with van der Waals surface area (Å²) in [5.74, 6) is 4.43. The summed E-state index contributed by atoms with van der Waals surface area (Å²) in [5, 5.41) is 0. The average molecular weight is 558 g/mol. The van der Waals surface area contributed by atoms with E-state index in [2.05, 4.69) is 40.7 Å². The molecule has 0 aromatic carbocycles. The van der Waals surface area contributed by atoms with Crippen molar-refractivity contribution in [3.05, 3.63) is 11.6 Å². The topological polar surface area (TPSA) is 55.8 Å². The molecule has 0 radical (unpaired) electrons. The van der Waals surface area contributed by atoms with Crippen molar-refractivity contribution in [2.45, 2.75) is 124 Å². The molecule has 5 nitrogen and oxygen atoms in total. The first-order chi connectivity index (χ1) is 18.9. The van der Waals surface area contributed by atoms with Gasteiger partial charge in [-0.3, -0.25) is 9.59 Å². The van der Waals surface area contributed by atoms with Gasteiger partial charge in [-0.25, -0.2) is 0 Å². The number of likely N-dealkylation sites (N-methyl/N-ethyl adjacent to an activating group) is 1. The minimum absolute atomic E-state index is 0.0513. The highest BCUT2D eigenvalue weighted by atomic mass is 16.5. The van der Waals surface area contributed by atoms with Gasteiger partial charge in [0, 0.05) is 13.0 Å². The zero-order valence-electron chi connectivity index (χ0n) is 26.8. The average Bonchev–Trinajstić information content (AvgIpc) is 3.24. The van der Waals surface area contributed by atoms with Crippen LogP contribution in [0.5, 0.6) is 0 Å². The third-order valence-corrected chi connectivity index (χ3v) is 11.9. The summed E-state index contributed by atoms with van der Waals surface area (Å²) in [6.07, 6.45) is 16.6. The summed E-state index contributed by atoms with van der Waals surface area (Å²) in [6.45, 7) is 13.5. The van der Waals surface area contributed by atoms with Crippen LogP contribution in [0.3, 0.4) is 0 Å². The number of carbonyl (C=O) groups excluding carboxylic acids is 2. The van der Waals surface area contributed by atoms with Crippen molar-refractivity contribution in [3.63, 3.8) is 0 Å². The Morgan fingerprint density at radius 3 is 2.45 bits per heavy atom. The molecular weight excluding hydrogens is 498 g/mol. The van der Waals surface area contributed by atoms with Crippen LogP contribution < -0.4 is 0 Å². The lowest BCUT2D eigenvalue weighted by atomic mass is 9.47. The van der Waals surface area contributed by atoms with Crippen LogP contribution in [0.25, 0.3) is 0 Å². The van der Waals surface area contributed by atoms with Crippen LogP contribution >= 0.6 is 0 Å². The summed E-state index contributed by atoms with van der Waals surface area (Å²) < 4.78 is 11.1. The Morgan fingerprint density at radius 2 is 1.73 bits per heavy atom. The maximum Gasteiger partial charge on any atom is 0.306 e. The first-order valence-electron chi connectivity index (χ1n) is 16.6. The number of ether oxygens (including phenoxy) is 2. The Bertz CT molecular complexity index is 911. The molecule has 0 aliphatic heterocycles. The molecule has 0 amide bonds. The highest BCUT2D eigenvalue weighted by Gasteiger charge is 2.59. The van der Waals surface area contributed by atoms with Crippen molar-refractivity contribution < 1.29 is 19.1 Å². The fourth-order valence-electron chi connectivity index (χ4n) is 9.62. The molecule has 4 aliphatic rings. The zero-order chi connectivity index (χ0) is 29.1. The van der Waals surface area contributed by atoms with Gasteiger partial charge in [0.1, 0.15) is 12.7 Å². The number of esters is 2. The minimum Gasteiger partial charge on any atom is -0.464 e. The van der Waals surface area contributed by atoms with Crippen molar-refractivity contribution in [2.24, 2.45) is 46.3 Å². The molecule has 0 spiro atoms. The Kier molecular flexibility index (Phi) is 10.5. The second-order valence-electron chi connectivity index (χ2n) is 15.2. The number of rotatable bonds is 12. The van der Waals surface area contributed by atoms with Crippen LogP contribution in [0, 0.1) is 46.3 Å². The van der Waals surface area contributed by atoms with Gasteiger partial charge < -0.3 is 14.4 Å². The molecule has 4 aliphatic carbocycles. The standard InChI is InChI=1S/C35H59NO4/c1-24(2)9-8-10-25(3)29-13-14-30-28-12-11-26-23-27(17-19-34(26,4)31(28)18-20-35(29,30)5)40-33(38)16-15-32(37)39-22-21-36(6)7/h11,24-25,27-31H,8-10,12-23H2,1-7H3/t25-,27+,28?,29?,30?,31?,34+,35-/m1/s1. The van der Waals surface area contributed by atoms with Crippen LogP contribution in [-0.2, 0) is 19.1 Å². The molecule has 4 unspecified atom stereocenters. The van der Waals surface area contributed by atoms with E-state index in [1.807, 2.05) is 19.0 Å². The minimum atomic E-state index is -0.320. The molecule has 3 saturated carbocycles. The number of carbonyl (C=O) groups is 2. The third kappa shape index (κ3) is 6.98. The summed E-state index contributed by atoms with van der Waals surface area (Å²) in [4.78, 5) is 26.5. The Morgan fingerprint density at radius 1 is 0.975 bits per heavy atom. The number of allylic oxidation sites excluding steroid dienone is 1. The Balaban J connectivity index is 1.30. The van der Waals surface area contributed by atoms with E-state index in [1.54, 1.807) is 5.57 Å². The van der Waals surface area contributed by atoms with Gasteiger partial charge in [0.15, 0.2) is 0 Å². The van der Waals surface area contributed by atoms with Crippen LogP contribution in [0.2, 0.25) is 0 Å². The van der Waals surface area contributed by atoms with Gasteiger partial charge in [-0.05, 0) is 105 Å². The molecule has 0 saturated heterocycles. The van der Waals surface area contributed by atoms with E-state index in [0.717, 1.165) is 54.8 Å². The second-order valence-corrected chi connectivity index (χ2v) is 15.2. The molecule has 0 heterocycles. The van der Waals surface area contributed by atoms with Gasteiger partial charge in [0.25, 0.3) is 0 Å². The molecular formula is C35H59NO4. The number of hydrogen-bond donors (Lipinski definition) is 0. The van der Waals surface area contributed by atoms with E-state index >= 15 is 0 Å². The molecule has 4 rings (SSSR count). The molecule has 228 valence electrons. The van der Waals surface area contributed by atoms with Gasteiger partial charge in [0.05, 0.1) is 12.8 Å². The van der Waals surface area contributed by atoms with Crippen molar-refractivity contribution in [1.29, 1.82) is 0 Å². The molecule has 40 heavy (non-hydrogen) atoms.